The fraction of sp³-hybridized carbons (Fsp3) is 0.208. The molecule has 1 aromatic heterocycles. The summed E-state index contributed by atoms with van der Waals surface area (Å²) in [4.78, 5) is 41.6. The number of benzene rings is 2. The molecule has 0 saturated carbocycles. The Morgan fingerprint density at radius 2 is 1.49 bits per heavy atom. The summed E-state index contributed by atoms with van der Waals surface area (Å²) < 4.78 is 31.7. The zero-order valence-corrected chi connectivity index (χ0v) is 20.0. The van der Waals surface area contributed by atoms with Gasteiger partial charge < -0.3 is 19.5 Å². The number of halogens is 1. The molecular weight excluding hydrogens is 494 g/mol. The summed E-state index contributed by atoms with van der Waals surface area (Å²) in [6.45, 7) is 0.541. The molecular formula is C24H22ClN3O6S. The van der Waals surface area contributed by atoms with Crippen molar-refractivity contribution in [3.05, 3.63) is 89.3 Å². The maximum Gasteiger partial charge on any atom is 0.288 e. The van der Waals surface area contributed by atoms with Crippen LogP contribution >= 0.6 is 11.6 Å². The molecule has 35 heavy (non-hydrogen) atoms. The molecule has 1 fully saturated rings. The number of carbonyl (C=O) groups excluding carboxylic acids is 3. The molecule has 1 aliphatic heterocycles. The number of carbonyl (C=O) groups is 3. The van der Waals surface area contributed by atoms with Gasteiger partial charge in [0.25, 0.3) is 17.7 Å². The molecule has 3 amide bonds. The highest BCUT2D eigenvalue weighted by Crippen LogP contribution is 2.20. The molecule has 2 aromatic carbocycles. The summed E-state index contributed by atoms with van der Waals surface area (Å²) in [6.07, 6.45) is 1.27. The van der Waals surface area contributed by atoms with Gasteiger partial charge in [-0.1, -0.05) is 41.9 Å². The third kappa shape index (κ3) is 5.23. The van der Waals surface area contributed by atoms with Gasteiger partial charge in [0.15, 0.2) is 5.76 Å². The Kier molecular flexibility index (Phi) is 7.23. The van der Waals surface area contributed by atoms with Crippen LogP contribution in [-0.2, 0) is 14.6 Å². The highest BCUT2D eigenvalue weighted by Gasteiger charge is 2.40. The van der Waals surface area contributed by atoms with Crippen LogP contribution < -0.4 is 5.32 Å². The Bertz CT molecular complexity index is 1320. The first-order valence-electron chi connectivity index (χ1n) is 10.7. The molecule has 1 N–H and O–H groups in total. The molecule has 1 saturated heterocycles. The fourth-order valence-corrected chi connectivity index (χ4v) is 5.42. The van der Waals surface area contributed by atoms with Gasteiger partial charge in [-0.3, -0.25) is 14.4 Å². The van der Waals surface area contributed by atoms with Crippen molar-refractivity contribution >= 4 is 39.2 Å². The number of nitrogens with one attached hydrogen (secondary N) is 1. The van der Waals surface area contributed by atoms with Crippen LogP contribution in [0.25, 0.3) is 0 Å². The van der Waals surface area contributed by atoms with E-state index in [1.54, 1.807) is 35.2 Å². The Labute approximate surface area is 207 Å². The van der Waals surface area contributed by atoms with Crippen LogP contribution in [-0.4, -0.2) is 67.5 Å². The van der Waals surface area contributed by atoms with Crippen molar-refractivity contribution in [1.29, 1.82) is 0 Å². The van der Waals surface area contributed by atoms with Crippen LogP contribution in [0, 0.1) is 0 Å². The van der Waals surface area contributed by atoms with E-state index in [9.17, 15) is 22.8 Å². The van der Waals surface area contributed by atoms with E-state index >= 15 is 0 Å². The zero-order chi connectivity index (χ0) is 25.0. The van der Waals surface area contributed by atoms with Gasteiger partial charge in [0.05, 0.1) is 21.7 Å². The van der Waals surface area contributed by atoms with Crippen molar-refractivity contribution in [2.45, 2.75) is 10.3 Å². The van der Waals surface area contributed by atoms with E-state index in [-0.39, 0.29) is 42.7 Å². The van der Waals surface area contributed by atoms with Crippen molar-refractivity contribution in [3.63, 3.8) is 0 Å². The molecule has 9 nitrogen and oxygen atoms in total. The highest BCUT2D eigenvalue weighted by molar-refractivity contribution is 7.92. The molecule has 0 unspecified atom stereocenters. The molecule has 4 rings (SSSR count). The van der Waals surface area contributed by atoms with Crippen LogP contribution in [0.3, 0.4) is 0 Å². The van der Waals surface area contributed by atoms with Gasteiger partial charge in [-0.05, 0) is 36.4 Å². The first kappa shape index (κ1) is 24.5. The summed E-state index contributed by atoms with van der Waals surface area (Å²) in [6, 6.07) is 16.9. The third-order valence-electron chi connectivity index (χ3n) is 5.60. The average molecular weight is 516 g/mol. The van der Waals surface area contributed by atoms with E-state index in [2.05, 4.69) is 5.32 Å². The van der Waals surface area contributed by atoms with Crippen LogP contribution in [0.5, 0.6) is 0 Å². The number of sulfone groups is 1. The Balaban J connectivity index is 1.53. The molecule has 0 aliphatic carbocycles. The number of nitrogens with zero attached hydrogens (tertiary/aromatic N) is 2. The zero-order valence-electron chi connectivity index (χ0n) is 18.5. The molecule has 11 heteroatoms. The van der Waals surface area contributed by atoms with Crippen molar-refractivity contribution in [1.82, 2.24) is 15.1 Å². The van der Waals surface area contributed by atoms with E-state index < -0.39 is 27.0 Å². The first-order chi connectivity index (χ1) is 16.8. The van der Waals surface area contributed by atoms with Crippen LogP contribution in [0.4, 0.5) is 0 Å². The van der Waals surface area contributed by atoms with Crippen LogP contribution in [0.2, 0.25) is 5.02 Å². The fourth-order valence-electron chi connectivity index (χ4n) is 3.72. The Morgan fingerprint density at radius 3 is 2.11 bits per heavy atom. The van der Waals surface area contributed by atoms with Gasteiger partial charge in [0, 0.05) is 26.2 Å². The standard InChI is InChI=1S/C24H22ClN3O6S/c25-19-10-5-4-9-18(19)23(30)27-12-14-28(15-13-27)24(31)22(26-21(29)20-11-6-16-34-20)35(32,33)17-7-2-1-3-8-17/h1-11,16,22H,12-15H2,(H,26,29)/t22-/m1/s1. The molecule has 3 aromatic rings. The number of hydrogen-bond donors (Lipinski definition) is 1. The van der Waals surface area contributed by atoms with E-state index in [0.717, 1.165) is 0 Å². The maximum atomic E-state index is 13.4. The summed E-state index contributed by atoms with van der Waals surface area (Å²) in [5, 5.41) is 0.770. The summed E-state index contributed by atoms with van der Waals surface area (Å²) in [7, 11) is -4.28. The number of hydrogen-bond acceptors (Lipinski definition) is 6. The number of amides is 3. The molecule has 0 spiro atoms. The van der Waals surface area contributed by atoms with Crippen LogP contribution in [0.15, 0.2) is 82.3 Å². The largest absolute Gasteiger partial charge is 0.459 e. The van der Waals surface area contributed by atoms with Crippen molar-refractivity contribution < 1.29 is 27.2 Å². The second kappa shape index (κ2) is 10.3. The average Bonchev–Trinajstić information content (AvgIpc) is 3.42. The van der Waals surface area contributed by atoms with Gasteiger partial charge in [-0.25, -0.2) is 8.42 Å². The molecule has 1 aliphatic rings. The van der Waals surface area contributed by atoms with Crippen molar-refractivity contribution in [2.24, 2.45) is 0 Å². The second-order valence-corrected chi connectivity index (χ2v) is 10.2. The van der Waals surface area contributed by atoms with Crippen molar-refractivity contribution in [3.8, 4) is 0 Å². The number of rotatable bonds is 6. The Morgan fingerprint density at radius 1 is 0.857 bits per heavy atom. The minimum atomic E-state index is -4.28. The van der Waals surface area contributed by atoms with E-state index in [4.69, 9.17) is 16.0 Å². The van der Waals surface area contributed by atoms with Gasteiger partial charge >= 0.3 is 0 Å². The number of furan rings is 1. The summed E-state index contributed by atoms with van der Waals surface area (Å²) in [5.41, 5.74) is 0.351. The summed E-state index contributed by atoms with van der Waals surface area (Å²) >= 11 is 6.13. The molecule has 0 bridgehead atoms. The maximum absolute atomic E-state index is 13.4. The lowest BCUT2D eigenvalue weighted by Crippen LogP contribution is -2.57. The molecule has 2 heterocycles. The SMILES string of the molecule is O=C(N[C@@H](C(=O)N1CCN(C(=O)c2ccccc2Cl)CC1)S(=O)(=O)c1ccccc1)c1ccco1. The van der Waals surface area contributed by atoms with Crippen molar-refractivity contribution in [2.75, 3.05) is 26.2 Å². The predicted molar refractivity (Wildman–Crippen MR) is 128 cm³/mol. The Hall–Kier alpha value is -3.63. The summed E-state index contributed by atoms with van der Waals surface area (Å²) in [5.74, 6) is -2.03. The topological polar surface area (TPSA) is 117 Å². The normalized spacial score (nSPS) is 14.9. The lowest BCUT2D eigenvalue weighted by Gasteiger charge is -2.36. The lowest BCUT2D eigenvalue weighted by molar-refractivity contribution is -0.132. The van der Waals surface area contributed by atoms with E-state index in [1.165, 1.54) is 47.6 Å². The monoisotopic (exact) mass is 515 g/mol. The van der Waals surface area contributed by atoms with Gasteiger partial charge in [-0.2, -0.15) is 0 Å². The number of piperazine rings is 1. The predicted octanol–water partition coefficient (Wildman–Crippen LogP) is 2.45. The van der Waals surface area contributed by atoms with Gasteiger partial charge in [0.2, 0.25) is 15.2 Å². The van der Waals surface area contributed by atoms with Gasteiger partial charge in [-0.15, -0.1) is 0 Å². The van der Waals surface area contributed by atoms with Crippen LogP contribution in [0.1, 0.15) is 20.9 Å². The first-order valence-corrected chi connectivity index (χ1v) is 12.7. The highest BCUT2D eigenvalue weighted by atomic mass is 35.5. The third-order valence-corrected chi connectivity index (χ3v) is 7.80. The van der Waals surface area contributed by atoms with Gasteiger partial charge in [0.1, 0.15) is 0 Å². The lowest BCUT2D eigenvalue weighted by atomic mass is 10.2. The molecule has 1 atom stereocenters. The van der Waals surface area contributed by atoms with E-state index in [0.29, 0.717) is 10.6 Å². The second-order valence-electron chi connectivity index (χ2n) is 7.79. The molecule has 182 valence electrons. The molecule has 0 radical (unpaired) electrons. The minimum Gasteiger partial charge on any atom is -0.459 e. The smallest absolute Gasteiger partial charge is 0.288 e. The minimum absolute atomic E-state index is 0.0897. The van der Waals surface area contributed by atoms with E-state index in [1.807, 2.05) is 0 Å². The quantitative estimate of drug-likeness (QED) is 0.539.